The zero-order valence-electron chi connectivity index (χ0n) is 19.3. The molecule has 2 aliphatic carbocycles. The zero-order valence-corrected chi connectivity index (χ0v) is 20.0. The van der Waals surface area contributed by atoms with Crippen LogP contribution in [-0.4, -0.2) is 42.0 Å². The quantitative estimate of drug-likeness (QED) is 0.621. The molecule has 0 saturated carbocycles. The largest absolute Gasteiger partial charge is 0.412 e. The van der Waals surface area contributed by atoms with E-state index in [1.54, 1.807) is 6.08 Å². The first-order valence-corrected chi connectivity index (χ1v) is 11.7. The van der Waals surface area contributed by atoms with E-state index in [4.69, 9.17) is 11.6 Å². The Morgan fingerprint density at radius 2 is 2.03 bits per heavy atom. The normalized spacial score (nSPS) is 26.5. The number of nitrogens with one attached hydrogen (secondary N) is 1. The molecular weight excluding hydrogens is 415 g/mol. The lowest BCUT2D eigenvalue weighted by Gasteiger charge is -2.47. The van der Waals surface area contributed by atoms with E-state index >= 15 is 0 Å². The number of hydrogen-bond donors (Lipinski definition) is 1. The molecule has 1 heterocycles. The second kappa shape index (κ2) is 10.9. The Kier molecular flexibility index (Phi) is 9.11. The van der Waals surface area contributed by atoms with E-state index in [2.05, 4.69) is 39.1 Å². The predicted molar refractivity (Wildman–Crippen MR) is 126 cm³/mol. The number of likely N-dealkylation sites (tertiary alicyclic amines) is 1. The van der Waals surface area contributed by atoms with E-state index in [0.717, 1.165) is 43.9 Å². The highest BCUT2D eigenvalue weighted by atomic mass is 35.5. The monoisotopic (exact) mass is 452 g/mol. The molecule has 0 aromatic rings. The Labute approximate surface area is 191 Å². The van der Waals surface area contributed by atoms with Crippen molar-refractivity contribution >= 4 is 17.5 Å². The summed E-state index contributed by atoms with van der Waals surface area (Å²) in [4.78, 5) is 15.5. The van der Waals surface area contributed by atoms with Crippen molar-refractivity contribution in [2.75, 3.05) is 19.6 Å². The molecule has 31 heavy (non-hydrogen) atoms. The summed E-state index contributed by atoms with van der Waals surface area (Å²) < 4.78 is 13.4. The van der Waals surface area contributed by atoms with Gasteiger partial charge in [-0.15, -0.1) is 0 Å². The standard InChI is InChI=1S/C25H36ClFN2O.H2O/c1-17(2)23(28-15-18-6-5-7-20(26)14-18)24(30)29-13-12-22(25(3,4)16-29)19-8-10-21(27)11-9-19;/h5-8,10,17-18,22-23,28H,9,11-16H2,1-4H3;1H2/t18?,22?,23-;/m1./s1. The molecule has 3 rings (SSSR count). The van der Waals surface area contributed by atoms with Crippen LogP contribution < -0.4 is 5.32 Å². The van der Waals surface area contributed by atoms with Crippen molar-refractivity contribution in [2.45, 2.75) is 59.4 Å². The lowest BCUT2D eigenvalue weighted by Crippen LogP contribution is -2.56. The van der Waals surface area contributed by atoms with Crippen molar-refractivity contribution in [1.82, 2.24) is 10.2 Å². The molecule has 0 aromatic heterocycles. The minimum absolute atomic E-state index is 0. The Morgan fingerprint density at radius 3 is 2.61 bits per heavy atom. The first-order valence-electron chi connectivity index (χ1n) is 11.3. The SMILES string of the molecule is CC(C)[C@@H](NCC1C=CC=C(Cl)C1)C(=O)N1CCC(C2=CC=C(F)CC2)C(C)(C)C1.O. The molecule has 0 spiro atoms. The predicted octanol–water partition coefficient (Wildman–Crippen LogP) is 4.92. The minimum Gasteiger partial charge on any atom is -0.412 e. The van der Waals surface area contributed by atoms with Gasteiger partial charge in [0.15, 0.2) is 0 Å². The van der Waals surface area contributed by atoms with E-state index in [-0.39, 0.29) is 34.6 Å². The van der Waals surface area contributed by atoms with Crippen molar-refractivity contribution in [2.24, 2.45) is 23.2 Å². The van der Waals surface area contributed by atoms with Gasteiger partial charge in [-0.2, -0.15) is 0 Å². The number of halogens is 2. The highest BCUT2D eigenvalue weighted by Gasteiger charge is 2.41. The first kappa shape index (κ1) is 25.8. The van der Waals surface area contributed by atoms with E-state index in [1.165, 1.54) is 5.57 Å². The Hall–Kier alpha value is -1.43. The van der Waals surface area contributed by atoms with Crippen LogP contribution in [0.3, 0.4) is 0 Å². The smallest absolute Gasteiger partial charge is 0.239 e. The molecular formula is C25H38ClFN2O2. The van der Waals surface area contributed by atoms with Crippen LogP contribution in [0.1, 0.15) is 53.4 Å². The molecule has 0 aromatic carbocycles. The van der Waals surface area contributed by atoms with Crippen LogP contribution in [0, 0.1) is 23.2 Å². The molecule has 1 fully saturated rings. The third-order valence-electron chi connectivity index (χ3n) is 6.77. The van der Waals surface area contributed by atoms with Gasteiger partial charge in [-0.05, 0) is 54.6 Å². The van der Waals surface area contributed by atoms with Crippen LogP contribution in [0.2, 0.25) is 0 Å². The lowest BCUT2D eigenvalue weighted by molar-refractivity contribution is -0.138. The number of carbonyl (C=O) groups excluding carboxylic acids is 1. The van der Waals surface area contributed by atoms with Gasteiger partial charge < -0.3 is 15.7 Å². The van der Waals surface area contributed by atoms with E-state index in [1.807, 2.05) is 23.1 Å². The minimum atomic E-state index is -0.193. The molecule has 1 saturated heterocycles. The molecule has 174 valence electrons. The molecule has 4 nitrogen and oxygen atoms in total. The summed E-state index contributed by atoms with van der Waals surface area (Å²) in [5.74, 6) is 1.11. The van der Waals surface area contributed by atoms with Gasteiger partial charge in [0, 0.05) is 31.1 Å². The van der Waals surface area contributed by atoms with E-state index in [0.29, 0.717) is 18.3 Å². The lowest BCUT2D eigenvalue weighted by atomic mass is 9.68. The second-order valence-corrected chi connectivity index (χ2v) is 10.5. The maximum absolute atomic E-state index is 13.4. The Balaban J connectivity index is 0.00000341. The van der Waals surface area contributed by atoms with Crippen molar-refractivity contribution in [3.63, 3.8) is 0 Å². The summed E-state index contributed by atoms with van der Waals surface area (Å²) in [6.45, 7) is 10.9. The van der Waals surface area contributed by atoms with E-state index < -0.39 is 0 Å². The fourth-order valence-electron chi connectivity index (χ4n) is 5.08. The van der Waals surface area contributed by atoms with Crippen molar-refractivity contribution in [3.05, 3.63) is 46.8 Å². The summed E-state index contributed by atoms with van der Waals surface area (Å²) in [6.07, 6.45) is 12.8. The number of hydrogen-bond acceptors (Lipinski definition) is 2. The summed E-state index contributed by atoms with van der Waals surface area (Å²) in [5.41, 5.74) is 1.31. The summed E-state index contributed by atoms with van der Waals surface area (Å²) in [5, 5.41) is 4.39. The van der Waals surface area contributed by atoms with Gasteiger partial charge in [0.1, 0.15) is 5.83 Å². The van der Waals surface area contributed by atoms with Crippen molar-refractivity contribution in [3.8, 4) is 0 Å². The molecule has 3 atom stereocenters. The van der Waals surface area contributed by atoms with Crippen LogP contribution in [0.15, 0.2) is 46.8 Å². The maximum Gasteiger partial charge on any atom is 0.239 e. The van der Waals surface area contributed by atoms with Gasteiger partial charge in [0.2, 0.25) is 5.91 Å². The number of piperidine rings is 1. The molecule has 6 heteroatoms. The summed E-state index contributed by atoms with van der Waals surface area (Å²) in [6, 6.07) is -0.193. The Morgan fingerprint density at radius 1 is 1.29 bits per heavy atom. The van der Waals surface area contributed by atoms with Crippen LogP contribution in [0.5, 0.6) is 0 Å². The fraction of sp³-hybridized carbons (Fsp3) is 0.640. The van der Waals surface area contributed by atoms with Gasteiger partial charge >= 0.3 is 0 Å². The van der Waals surface area contributed by atoms with Gasteiger partial charge in [0.05, 0.1) is 6.04 Å². The fourth-order valence-corrected chi connectivity index (χ4v) is 5.35. The molecule has 3 aliphatic rings. The number of amides is 1. The van der Waals surface area contributed by atoms with Crippen molar-refractivity contribution < 1.29 is 14.7 Å². The molecule has 0 radical (unpaired) electrons. The number of nitrogens with zero attached hydrogens (tertiary/aromatic N) is 1. The molecule has 0 bridgehead atoms. The van der Waals surface area contributed by atoms with Crippen LogP contribution in [0.25, 0.3) is 0 Å². The van der Waals surface area contributed by atoms with Crippen molar-refractivity contribution in [1.29, 1.82) is 0 Å². The third-order valence-corrected chi connectivity index (χ3v) is 7.05. The average Bonchev–Trinajstić information content (AvgIpc) is 2.68. The van der Waals surface area contributed by atoms with Gasteiger partial charge in [0.25, 0.3) is 0 Å². The van der Waals surface area contributed by atoms with Crippen LogP contribution in [-0.2, 0) is 4.79 Å². The Bertz CT molecular complexity index is 769. The highest BCUT2D eigenvalue weighted by molar-refractivity contribution is 6.29. The van der Waals surface area contributed by atoms with Crippen LogP contribution in [0.4, 0.5) is 4.39 Å². The summed E-state index contributed by atoms with van der Waals surface area (Å²) >= 11 is 6.17. The maximum atomic E-state index is 13.4. The highest BCUT2D eigenvalue weighted by Crippen LogP contribution is 2.42. The van der Waals surface area contributed by atoms with Crippen LogP contribution >= 0.6 is 11.6 Å². The average molecular weight is 453 g/mol. The molecule has 1 amide bonds. The van der Waals surface area contributed by atoms with Gasteiger partial charge in [-0.3, -0.25) is 4.79 Å². The second-order valence-electron chi connectivity index (χ2n) is 10.0. The molecule has 1 aliphatic heterocycles. The van der Waals surface area contributed by atoms with E-state index in [9.17, 15) is 9.18 Å². The molecule has 2 unspecified atom stereocenters. The van der Waals surface area contributed by atoms with Gasteiger partial charge in [-0.1, -0.05) is 63.1 Å². The van der Waals surface area contributed by atoms with Gasteiger partial charge in [-0.25, -0.2) is 4.39 Å². The zero-order chi connectivity index (χ0) is 21.9. The summed E-state index contributed by atoms with van der Waals surface area (Å²) in [7, 11) is 0. The topological polar surface area (TPSA) is 63.8 Å². The number of rotatable bonds is 6. The third kappa shape index (κ3) is 6.53. The molecule has 3 N–H and O–H groups in total. The number of carbonyl (C=O) groups is 1. The number of allylic oxidation sites excluding steroid dienone is 7. The first-order chi connectivity index (χ1) is 14.2.